The van der Waals surface area contributed by atoms with Gasteiger partial charge in [0.05, 0.1) is 18.6 Å². The molecule has 0 saturated carbocycles. The maximum absolute atomic E-state index is 12.8. The number of furan rings is 1. The normalized spacial score (nSPS) is 10.9. The monoisotopic (exact) mass is 496 g/mol. The second-order valence-electron chi connectivity index (χ2n) is 7.19. The van der Waals surface area contributed by atoms with Gasteiger partial charge in [-0.15, -0.1) is 21.5 Å². The molecular formula is C24H24N4O4S2. The lowest BCUT2D eigenvalue weighted by Crippen LogP contribution is -2.17. The number of aromatic nitrogens is 3. The van der Waals surface area contributed by atoms with Crippen LogP contribution in [0.15, 0.2) is 63.7 Å². The van der Waals surface area contributed by atoms with Crippen molar-refractivity contribution in [1.82, 2.24) is 14.8 Å². The van der Waals surface area contributed by atoms with Crippen LogP contribution in [0.3, 0.4) is 0 Å². The highest BCUT2D eigenvalue weighted by Crippen LogP contribution is 2.36. The van der Waals surface area contributed by atoms with Gasteiger partial charge in [0, 0.05) is 23.9 Å². The number of carbonyl (C=O) groups excluding carboxylic acids is 2. The molecule has 0 unspecified atom stereocenters. The molecule has 1 aromatic carbocycles. The lowest BCUT2D eigenvalue weighted by atomic mass is 10.1. The summed E-state index contributed by atoms with van der Waals surface area (Å²) in [5.41, 5.74) is 2.03. The first-order valence-corrected chi connectivity index (χ1v) is 12.7. The molecule has 1 N–H and O–H groups in total. The minimum atomic E-state index is -0.505. The van der Waals surface area contributed by atoms with Crippen molar-refractivity contribution in [2.24, 2.45) is 0 Å². The van der Waals surface area contributed by atoms with Gasteiger partial charge in [0.1, 0.15) is 22.1 Å². The van der Waals surface area contributed by atoms with Crippen molar-refractivity contribution in [2.75, 3.05) is 17.7 Å². The molecule has 0 aliphatic rings. The molecule has 4 rings (SSSR count). The van der Waals surface area contributed by atoms with Crippen LogP contribution in [-0.2, 0) is 22.5 Å². The van der Waals surface area contributed by atoms with Gasteiger partial charge in [0.25, 0.3) is 0 Å². The number of carbonyl (C=O) groups is 2. The van der Waals surface area contributed by atoms with Crippen LogP contribution in [-0.4, -0.2) is 39.0 Å². The highest BCUT2D eigenvalue weighted by Gasteiger charge is 2.24. The number of nitrogens with zero attached hydrogens (tertiary/aromatic N) is 3. The lowest BCUT2D eigenvalue weighted by Gasteiger charge is -2.09. The molecular weight excluding hydrogens is 472 g/mol. The summed E-state index contributed by atoms with van der Waals surface area (Å²) in [6.45, 7) is 4.69. The van der Waals surface area contributed by atoms with Gasteiger partial charge in [0.15, 0.2) is 5.16 Å². The number of esters is 1. The van der Waals surface area contributed by atoms with E-state index in [2.05, 4.69) is 15.5 Å². The Balaban J connectivity index is 1.45. The summed E-state index contributed by atoms with van der Waals surface area (Å²) in [6.07, 6.45) is 2.20. The van der Waals surface area contributed by atoms with Crippen molar-refractivity contribution in [3.8, 4) is 11.3 Å². The quantitative estimate of drug-likeness (QED) is 0.240. The Bertz CT molecular complexity index is 1250. The van der Waals surface area contributed by atoms with Gasteiger partial charge >= 0.3 is 5.97 Å². The number of amides is 1. The van der Waals surface area contributed by atoms with Crippen LogP contribution in [0, 0.1) is 0 Å². The van der Waals surface area contributed by atoms with E-state index in [4.69, 9.17) is 9.15 Å². The second kappa shape index (κ2) is 11.2. The van der Waals surface area contributed by atoms with Crippen LogP contribution in [0.4, 0.5) is 5.00 Å². The van der Waals surface area contributed by atoms with Crippen LogP contribution in [0.25, 0.3) is 11.3 Å². The van der Waals surface area contributed by atoms with E-state index in [1.54, 1.807) is 24.4 Å². The summed E-state index contributed by atoms with van der Waals surface area (Å²) in [5.74, 6) is 0.756. The first kappa shape index (κ1) is 23.8. The van der Waals surface area contributed by atoms with Crippen molar-refractivity contribution in [3.05, 3.63) is 71.1 Å². The molecule has 0 aliphatic heterocycles. The smallest absolute Gasteiger partial charge is 0.341 e. The summed E-state index contributed by atoms with van der Waals surface area (Å²) >= 11 is 2.56. The fraction of sp³-hybridized carbons (Fsp3) is 0.250. The molecule has 8 nitrogen and oxygen atoms in total. The van der Waals surface area contributed by atoms with Crippen molar-refractivity contribution in [3.63, 3.8) is 0 Å². The number of anilines is 1. The van der Waals surface area contributed by atoms with Crippen molar-refractivity contribution >= 4 is 40.0 Å². The molecule has 0 radical (unpaired) electrons. The number of nitrogens with one attached hydrogen (secondary N) is 1. The lowest BCUT2D eigenvalue weighted by molar-refractivity contribution is -0.113. The maximum atomic E-state index is 12.8. The van der Waals surface area contributed by atoms with E-state index in [1.165, 1.54) is 29.4 Å². The number of hydrogen-bond acceptors (Lipinski definition) is 8. The standard InChI is InChI=1S/C24H24N4O4S2/c1-3-28-19(13-16-9-6-5-7-10-16)26-27-24(28)34-15-20(29)25-22-21(23(30)31-4-2)17(14-33-22)18-11-8-12-32-18/h5-12,14H,3-4,13,15H2,1-2H3,(H,25,29). The Morgan fingerprint density at radius 2 is 1.97 bits per heavy atom. The number of rotatable bonds is 10. The Morgan fingerprint density at radius 3 is 2.68 bits per heavy atom. The topological polar surface area (TPSA) is 99.2 Å². The first-order valence-electron chi connectivity index (χ1n) is 10.8. The van der Waals surface area contributed by atoms with E-state index < -0.39 is 5.97 Å². The zero-order valence-corrected chi connectivity index (χ0v) is 20.4. The van der Waals surface area contributed by atoms with Gasteiger partial charge in [-0.05, 0) is 31.5 Å². The molecule has 0 spiro atoms. The Labute approximate surface area is 205 Å². The molecule has 0 aliphatic carbocycles. The zero-order chi connectivity index (χ0) is 23.9. The van der Waals surface area contributed by atoms with Crippen LogP contribution in [0.5, 0.6) is 0 Å². The molecule has 0 bridgehead atoms. The highest BCUT2D eigenvalue weighted by atomic mass is 32.2. The largest absolute Gasteiger partial charge is 0.464 e. The molecule has 1 amide bonds. The summed E-state index contributed by atoms with van der Waals surface area (Å²) in [5, 5.41) is 14.3. The molecule has 34 heavy (non-hydrogen) atoms. The molecule has 0 atom stereocenters. The fourth-order valence-corrected chi connectivity index (χ4v) is 5.19. The van der Waals surface area contributed by atoms with Crippen LogP contribution >= 0.6 is 23.1 Å². The number of benzene rings is 1. The summed E-state index contributed by atoms with van der Waals surface area (Å²) in [6, 6.07) is 13.6. The average molecular weight is 497 g/mol. The minimum absolute atomic E-state index is 0.125. The number of ether oxygens (including phenoxy) is 1. The Morgan fingerprint density at radius 1 is 1.15 bits per heavy atom. The predicted molar refractivity (Wildman–Crippen MR) is 132 cm³/mol. The third-order valence-corrected chi connectivity index (χ3v) is 6.82. The van der Waals surface area contributed by atoms with E-state index in [9.17, 15) is 9.59 Å². The van der Waals surface area contributed by atoms with Gasteiger partial charge in [-0.2, -0.15) is 0 Å². The van der Waals surface area contributed by atoms with Gasteiger partial charge in [-0.3, -0.25) is 4.79 Å². The molecule has 3 heterocycles. The van der Waals surface area contributed by atoms with E-state index >= 15 is 0 Å². The predicted octanol–water partition coefficient (Wildman–Crippen LogP) is 5.12. The van der Waals surface area contributed by atoms with Crippen molar-refractivity contribution in [1.29, 1.82) is 0 Å². The third kappa shape index (κ3) is 5.40. The number of thioether (sulfide) groups is 1. The van der Waals surface area contributed by atoms with Gasteiger partial charge < -0.3 is 19.0 Å². The zero-order valence-electron chi connectivity index (χ0n) is 18.8. The molecule has 0 fully saturated rings. The third-order valence-electron chi connectivity index (χ3n) is 4.96. The SMILES string of the molecule is CCOC(=O)c1c(-c2ccco2)csc1NC(=O)CSc1nnc(Cc2ccccc2)n1CC. The summed E-state index contributed by atoms with van der Waals surface area (Å²) < 4.78 is 12.7. The van der Waals surface area contributed by atoms with Gasteiger partial charge in [-0.1, -0.05) is 42.1 Å². The maximum Gasteiger partial charge on any atom is 0.341 e. The van der Waals surface area contributed by atoms with Crippen molar-refractivity contribution < 1.29 is 18.7 Å². The van der Waals surface area contributed by atoms with Gasteiger partial charge in [-0.25, -0.2) is 4.79 Å². The molecule has 10 heteroatoms. The molecule has 0 saturated heterocycles. The average Bonchev–Trinajstić information content (AvgIpc) is 3.58. The van der Waals surface area contributed by atoms with Gasteiger partial charge in [0.2, 0.25) is 5.91 Å². The molecule has 4 aromatic rings. The van der Waals surface area contributed by atoms with E-state index in [-0.39, 0.29) is 18.3 Å². The second-order valence-corrected chi connectivity index (χ2v) is 9.02. The molecule has 176 valence electrons. The summed E-state index contributed by atoms with van der Waals surface area (Å²) in [4.78, 5) is 25.4. The van der Waals surface area contributed by atoms with Crippen molar-refractivity contribution in [2.45, 2.75) is 32.0 Å². The van der Waals surface area contributed by atoms with E-state index in [0.29, 0.717) is 40.0 Å². The molecule has 3 aromatic heterocycles. The Hall–Kier alpha value is -3.37. The van der Waals surface area contributed by atoms with Crippen LogP contribution in [0.1, 0.15) is 35.6 Å². The minimum Gasteiger partial charge on any atom is -0.464 e. The van der Waals surface area contributed by atoms with Crippen LogP contribution in [0.2, 0.25) is 0 Å². The summed E-state index contributed by atoms with van der Waals surface area (Å²) in [7, 11) is 0. The first-order chi connectivity index (χ1) is 16.6. The highest BCUT2D eigenvalue weighted by molar-refractivity contribution is 7.99. The van der Waals surface area contributed by atoms with E-state index in [1.807, 2.05) is 41.8 Å². The number of hydrogen-bond donors (Lipinski definition) is 1. The Kier molecular flexibility index (Phi) is 7.81. The fourth-order valence-electron chi connectivity index (χ4n) is 3.41. The number of thiophene rings is 1. The van der Waals surface area contributed by atoms with E-state index in [0.717, 1.165) is 11.4 Å². The van der Waals surface area contributed by atoms with Crippen LogP contribution < -0.4 is 5.32 Å².